The van der Waals surface area contributed by atoms with E-state index in [1.165, 1.54) is 0 Å². The standard InChI is InChI=1S/C13H14N2O.C2H6/c1-16-13-8-10(4-7-12(13)15)9-2-5-11(14)6-3-9;1-2/h2-8H,14-15H2,1H3;1-2H3. The van der Waals surface area contributed by atoms with Gasteiger partial charge >= 0.3 is 0 Å². The number of benzene rings is 2. The SMILES string of the molecule is CC.COc1cc(-c2ccc(N)cc2)ccc1N. The quantitative estimate of drug-likeness (QED) is 0.794. The average molecular weight is 244 g/mol. The van der Waals surface area contributed by atoms with Crippen LogP contribution in [0.5, 0.6) is 5.75 Å². The molecule has 3 nitrogen and oxygen atoms in total. The molecule has 96 valence electrons. The van der Waals surface area contributed by atoms with Crippen LogP contribution in [0.4, 0.5) is 11.4 Å². The van der Waals surface area contributed by atoms with E-state index in [1.807, 2.05) is 56.3 Å². The first kappa shape index (κ1) is 13.9. The Labute approximate surface area is 108 Å². The van der Waals surface area contributed by atoms with Crippen LogP contribution >= 0.6 is 0 Å². The first-order valence-corrected chi connectivity index (χ1v) is 6.00. The van der Waals surface area contributed by atoms with Crippen molar-refractivity contribution in [2.45, 2.75) is 13.8 Å². The summed E-state index contributed by atoms with van der Waals surface area (Å²) in [5.74, 6) is 0.689. The molecule has 2 aromatic carbocycles. The fraction of sp³-hybridized carbons (Fsp3) is 0.200. The highest BCUT2D eigenvalue weighted by Crippen LogP contribution is 2.28. The largest absolute Gasteiger partial charge is 0.495 e. The monoisotopic (exact) mass is 244 g/mol. The van der Waals surface area contributed by atoms with Gasteiger partial charge in [0.15, 0.2) is 0 Å². The second-order valence-corrected chi connectivity index (χ2v) is 3.58. The molecule has 0 radical (unpaired) electrons. The Kier molecular flexibility index (Phi) is 5.06. The smallest absolute Gasteiger partial charge is 0.142 e. The van der Waals surface area contributed by atoms with Crippen LogP contribution in [0.1, 0.15) is 13.8 Å². The van der Waals surface area contributed by atoms with Crippen LogP contribution < -0.4 is 16.2 Å². The summed E-state index contributed by atoms with van der Waals surface area (Å²) in [6, 6.07) is 13.4. The third kappa shape index (κ3) is 3.17. The van der Waals surface area contributed by atoms with Crippen molar-refractivity contribution in [1.82, 2.24) is 0 Å². The maximum atomic E-state index is 5.76. The number of ether oxygens (including phenoxy) is 1. The average Bonchev–Trinajstić information content (AvgIpc) is 2.43. The van der Waals surface area contributed by atoms with E-state index in [0.29, 0.717) is 11.4 Å². The minimum atomic E-state index is 0.640. The van der Waals surface area contributed by atoms with Gasteiger partial charge in [0.1, 0.15) is 5.75 Å². The molecule has 0 bridgehead atoms. The van der Waals surface area contributed by atoms with Gasteiger partial charge in [-0.15, -0.1) is 0 Å². The number of rotatable bonds is 2. The minimum absolute atomic E-state index is 0.640. The van der Waals surface area contributed by atoms with Gasteiger partial charge in [0, 0.05) is 5.69 Å². The zero-order valence-corrected chi connectivity index (χ0v) is 11.1. The second-order valence-electron chi connectivity index (χ2n) is 3.58. The highest BCUT2D eigenvalue weighted by Gasteiger charge is 2.02. The number of hydrogen-bond donors (Lipinski definition) is 2. The Morgan fingerprint density at radius 1 is 0.833 bits per heavy atom. The van der Waals surface area contributed by atoms with E-state index in [1.54, 1.807) is 7.11 Å². The molecule has 18 heavy (non-hydrogen) atoms. The number of methoxy groups -OCH3 is 1. The van der Waals surface area contributed by atoms with Crippen LogP contribution in [0.3, 0.4) is 0 Å². The van der Waals surface area contributed by atoms with Gasteiger partial charge < -0.3 is 16.2 Å². The Morgan fingerprint density at radius 3 is 1.94 bits per heavy atom. The lowest BCUT2D eigenvalue weighted by Gasteiger charge is -2.07. The van der Waals surface area contributed by atoms with Gasteiger partial charge in [0.05, 0.1) is 12.8 Å². The van der Waals surface area contributed by atoms with E-state index in [2.05, 4.69) is 0 Å². The fourth-order valence-electron chi connectivity index (χ4n) is 1.57. The third-order valence-corrected chi connectivity index (χ3v) is 2.48. The predicted octanol–water partition coefficient (Wildman–Crippen LogP) is 3.55. The molecule has 0 aliphatic rings. The first-order chi connectivity index (χ1) is 8.70. The van der Waals surface area contributed by atoms with E-state index in [0.717, 1.165) is 16.8 Å². The summed E-state index contributed by atoms with van der Waals surface area (Å²) in [6.07, 6.45) is 0. The van der Waals surface area contributed by atoms with Gasteiger partial charge in [-0.1, -0.05) is 32.0 Å². The molecule has 3 heteroatoms. The molecular formula is C15H20N2O. The lowest BCUT2D eigenvalue weighted by atomic mass is 10.0. The Balaban J connectivity index is 0.000000771. The van der Waals surface area contributed by atoms with E-state index in [4.69, 9.17) is 16.2 Å². The molecule has 0 aliphatic heterocycles. The second kappa shape index (κ2) is 6.55. The molecule has 0 atom stereocenters. The molecule has 4 N–H and O–H groups in total. The Hall–Kier alpha value is -2.16. The summed E-state index contributed by atoms with van der Waals surface area (Å²) in [5.41, 5.74) is 14.9. The topological polar surface area (TPSA) is 61.3 Å². The van der Waals surface area contributed by atoms with Crippen molar-refractivity contribution in [1.29, 1.82) is 0 Å². The molecule has 0 spiro atoms. The summed E-state index contributed by atoms with van der Waals surface area (Å²) in [4.78, 5) is 0. The summed E-state index contributed by atoms with van der Waals surface area (Å²) in [6.45, 7) is 4.00. The van der Waals surface area contributed by atoms with Crippen molar-refractivity contribution in [2.24, 2.45) is 0 Å². The zero-order chi connectivity index (χ0) is 13.5. The molecule has 0 aromatic heterocycles. The summed E-state index contributed by atoms with van der Waals surface area (Å²) in [5, 5.41) is 0. The molecule has 0 saturated heterocycles. The number of nitrogens with two attached hydrogens (primary N) is 2. The van der Waals surface area contributed by atoms with Gasteiger partial charge in [-0.25, -0.2) is 0 Å². The van der Waals surface area contributed by atoms with Crippen LogP contribution in [0.2, 0.25) is 0 Å². The molecule has 0 amide bonds. The summed E-state index contributed by atoms with van der Waals surface area (Å²) in [7, 11) is 1.61. The predicted molar refractivity (Wildman–Crippen MR) is 78.6 cm³/mol. The van der Waals surface area contributed by atoms with Crippen molar-refractivity contribution in [3.8, 4) is 16.9 Å². The summed E-state index contributed by atoms with van der Waals surface area (Å²) < 4.78 is 5.18. The minimum Gasteiger partial charge on any atom is -0.495 e. The Morgan fingerprint density at radius 2 is 1.39 bits per heavy atom. The fourth-order valence-corrected chi connectivity index (χ4v) is 1.57. The van der Waals surface area contributed by atoms with E-state index >= 15 is 0 Å². The Bertz CT molecular complexity index is 492. The number of anilines is 2. The summed E-state index contributed by atoms with van der Waals surface area (Å²) >= 11 is 0. The van der Waals surface area contributed by atoms with Crippen LogP contribution in [-0.4, -0.2) is 7.11 Å². The van der Waals surface area contributed by atoms with E-state index in [-0.39, 0.29) is 0 Å². The van der Waals surface area contributed by atoms with Crippen LogP contribution in [-0.2, 0) is 0 Å². The molecule has 2 aromatic rings. The van der Waals surface area contributed by atoms with Crippen molar-refractivity contribution in [3.05, 3.63) is 42.5 Å². The van der Waals surface area contributed by atoms with Crippen molar-refractivity contribution < 1.29 is 4.74 Å². The van der Waals surface area contributed by atoms with Crippen molar-refractivity contribution in [2.75, 3.05) is 18.6 Å². The van der Waals surface area contributed by atoms with Crippen LogP contribution in [0.25, 0.3) is 11.1 Å². The molecule has 2 rings (SSSR count). The van der Waals surface area contributed by atoms with Gasteiger partial charge in [-0.3, -0.25) is 0 Å². The van der Waals surface area contributed by atoms with Crippen LogP contribution in [0, 0.1) is 0 Å². The maximum absolute atomic E-state index is 5.76. The molecule has 0 heterocycles. The first-order valence-electron chi connectivity index (χ1n) is 6.00. The van der Waals surface area contributed by atoms with Gasteiger partial charge in [0.25, 0.3) is 0 Å². The highest BCUT2D eigenvalue weighted by atomic mass is 16.5. The molecule has 0 fully saturated rings. The number of nitrogen functional groups attached to an aromatic ring is 2. The zero-order valence-electron chi connectivity index (χ0n) is 11.1. The molecule has 0 unspecified atom stereocenters. The van der Waals surface area contributed by atoms with E-state index in [9.17, 15) is 0 Å². The lowest BCUT2D eigenvalue weighted by molar-refractivity contribution is 0.417. The number of hydrogen-bond acceptors (Lipinski definition) is 3. The molecule has 0 saturated carbocycles. The highest BCUT2D eigenvalue weighted by molar-refractivity contribution is 5.70. The van der Waals surface area contributed by atoms with Gasteiger partial charge in [-0.2, -0.15) is 0 Å². The maximum Gasteiger partial charge on any atom is 0.142 e. The van der Waals surface area contributed by atoms with Gasteiger partial charge in [0.2, 0.25) is 0 Å². The third-order valence-electron chi connectivity index (χ3n) is 2.48. The lowest BCUT2D eigenvalue weighted by Crippen LogP contribution is -1.92. The van der Waals surface area contributed by atoms with Crippen LogP contribution in [0.15, 0.2) is 42.5 Å². The molecule has 0 aliphatic carbocycles. The van der Waals surface area contributed by atoms with E-state index < -0.39 is 0 Å². The van der Waals surface area contributed by atoms with Crippen molar-refractivity contribution >= 4 is 11.4 Å². The van der Waals surface area contributed by atoms with Gasteiger partial charge in [-0.05, 0) is 35.4 Å². The van der Waals surface area contributed by atoms with Crippen molar-refractivity contribution in [3.63, 3.8) is 0 Å². The molecular weight excluding hydrogens is 224 g/mol. The normalized spacial score (nSPS) is 9.28.